The van der Waals surface area contributed by atoms with Crippen LogP contribution in [0.5, 0.6) is 0 Å². The minimum atomic E-state index is -2.07. The van der Waals surface area contributed by atoms with E-state index in [9.17, 15) is 8.78 Å². The molecule has 0 radical (unpaired) electrons. The third kappa shape index (κ3) is 1.99. The van der Waals surface area contributed by atoms with E-state index in [1.165, 1.54) is 0 Å². The van der Waals surface area contributed by atoms with E-state index in [0.717, 1.165) is 0 Å². The summed E-state index contributed by atoms with van der Waals surface area (Å²) in [6.07, 6.45) is -7.47. The van der Waals surface area contributed by atoms with Gasteiger partial charge in [0.1, 0.15) is 12.2 Å². The zero-order chi connectivity index (χ0) is 11.2. The highest BCUT2D eigenvalue weighted by Gasteiger charge is 2.51. The van der Waals surface area contributed by atoms with Crippen molar-refractivity contribution >= 4 is 0 Å². The Morgan fingerprint density at radius 3 is 2.60 bits per heavy atom. The lowest BCUT2D eigenvalue weighted by molar-refractivity contribution is -0.364. The van der Waals surface area contributed by atoms with E-state index in [2.05, 4.69) is 0 Å². The molecule has 2 fully saturated rings. The number of rotatable bonds is 0. The second-order valence-electron chi connectivity index (χ2n) is 4.25. The molecule has 2 saturated heterocycles. The lowest BCUT2D eigenvalue weighted by atomic mass is 10.00. The van der Waals surface area contributed by atoms with Crippen molar-refractivity contribution in [2.24, 2.45) is 0 Å². The van der Waals surface area contributed by atoms with Crippen LogP contribution < -0.4 is 0 Å². The average molecular weight is 224 g/mol. The maximum Gasteiger partial charge on any atom is 0.189 e. The summed E-state index contributed by atoms with van der Waals surface area (Å²) in [4.78, 5) is 0. The first-order valence-corrected chi connectivity index (χ1v) is 4.84. The van der Waals surface area contributed by atoms with Crippen LogP contribution in [0.4, 0.5) is 8.78 Å². The van der Waals surface area contributed by atoms with Crippen molar-refractivity contribution in [3.63, 3.8) is 0 Å². The van der Waals surface area contributed by atoms with E-state index in [-0.39, 0.29) is 6.61 Å². The molecule has 15 heavy (non-hydrogen) atoms. The minimum absolute atomic E-state index is 0.0852. The first-order valence-electron chi connectivity index (χ1n) is 4.84. The second kappa shape index (κ2) is 3.62. The Balaban J connectivity index is 2.12. The third-order valence-electron chi connectivity index (χ3n) is 2.59. The van der Waals surface area contributed by atoms with Gasteiger partial charge in [-0.05, 0) is 13.8 Å². The van der Waals surface area contributed by atoms with Crippen LogP contribution in [0.15, 0.2) is 0 Å². The van der Waals surface area contributed by atoms with Crippen LogP contribution >= 0.6 is 0 Å². The molecule has 0 saturated carbocycles. The number of halogens is 2. The minimum Gasteiger partial charge on any atom is -0.365 e. The van der Waals surface area contributed by atoms with Gasteiger partial charge in [0, 0.05) is 0 Å². The molecule has 0 bridgehead atoms. The summed E-state index contributed by atoms with van der Waals surface area (Å²) in [5.41, 5.74) is 0. The summed E-state index contributed by atoms with van der Waals surface area (Å²) in [6.45, 7) is 3.32. The van der Waals surface area contributed by atoms with Gasteiger partial charge in [-0.1, -0.05) is 0 Å². The molecule has 0 unspecified atom stereocenters. The lowest BCUT2D eigenvalue weighted by Gasteiger charge is -2.46. The summed E-state index contributed by atoms with van der Waals surface area (Å²) in [5, 5.41) is 9.07. The predicted molar refractivity (Wildman–Crippen MR) is 45.6 cm³/mol. The van der Waals surface area contributed by atoms with Crippen molar-refractivity contribution in [3.8, 4) is 0 Å². The summed E-state index contributed by atoms with van der Waals surface area (Å²) in [6, 6.07) is 0. The summed E-state index contributed by atoms with van der Waals surface area (Å²) < 4.78 is 41.9. The fraction of sp³-hybridized carbons (Fsp3) is 1.00. The van der Waals surface area contributed by atoms with Crippen molar-refractivity contribution in [1.82, 2.24) is 0 Å². The van der Waals surface area contributed by atoms with Crippen molar-refractivity contribution in [2.75, 3.05) is 6.61 Å². The molecule has 0 amide bonds. The van der Waals surface area contributed by atoms with E-state index >= 15 is 0 Å². The lowest BCUT2D eigenvalue weighted by Crippen LogP contribution is -2.62. The van der Waals surface area contributed by atoms with E-state index in [0.29, 0.717) is 0 Å². The Morgan fingerprint density at radius 2 is 1.93 bits per heavy atom. The fourth-order valence-corrected chi connectivity index (χ4v) is 1.79. The Hall–Kier alpha value is -0.300. The molecule has 6 heteroatoms. The number of ether oxygens (including phenoxy) is 3. The molecule has 4 nitrogen and oxygen atoms in total. The Labute approximate surface area is 86.1 Å². The predicted octanol–water partition coefficient (Wildman–Crippen LogP) is 0.531. The van der Waals surface area contributed by atoms with Crippen LogP contribution in [-0.4, -0.2) is 48.3 Å². The Kier molecular flexibility index (Phi) is 2.70. The number of hydrogen-bond donors (Lipinski definition) is 1. The van der Waals surface area contributed by atoms with Crippen LogP contribution in [0.3, 0.4) is 0 Å². The van der Waals surface area contributed by atoms with E-state index in [4.69, 9.17) is 19.3 Å². The topological polar surface area (TPSA) is 47.9 Å². The quantitative estimate of drug-likeness (QED) is 0.652. The van der Waals surface area contributed by atoms with Crippen LogP contribution in [0.1, 0.15) is 13.8 Å². The van der Waals surface area contributed by atoms with Crippen LogP contribution in [-0.2, 0) is 14.2 Å². The van der Waals surface area contributed by atoms with Crippen molar-refractivity contribution in [3.05, 3.63) is 0 Å². The highest BCUT2D eigenvalue weighted by atomic mass is 19.2. The smallest absolute Gasteiger partial charge is 0.189 e. The van der Waals surface area contributed by atoms with Gasteiger partial charge in [0.15, 0.2) is 24.4 Å². The summed E-state index contributed by atoms with van der Waals surface area (Å²) in [7, 11) is 0. The number of aliphatic hydroxyl groups is 1. The van der Waals surface area contributed by atoms with Gasteiger partial charge < -0.3 is 19.3 Å². The van der Waals surface area contributed by atoms with Gasteiger partial charge in [0.2, 0.25) is 0 Å². The highest BCUT2D eigenvalue weighted by Crippen LogP contribution is 2.34. The maximum atomic E-state index is 13.5. The van der Waals surface area contributed by atoms with Gasteiger partial charge in [0.25, 0.3) is 0 Å². The summed E-state index contributed by atoms with van der Waals surface area (Å²) >= 11 is 0. The normalized spacial score (nSPS) is 49.8. The highest BCUT2D eigenvalue weighted by molar-refractivity contribution is 4.93. The molecule has 0 aromatic heterocycles. The van der Waals surface area contributed by atoms with Gasteiger partial charge in [-0.3, -0.25) is 0 Å². The van der Waals surface area contributed by atoms with Crippen molar-refractivity contribution < 1.29 is 28.1 Å². The molecule has 2 rings (SSSR count). The van der Waals surface area contributed by atoms with Gasteiger partial charge >= 0.3 is 0 Å². The monoisotopic (exact) mass is 224 g/mol. The Bertz CT molecular complexity index is 246. The zero-order valence-corrected chi connectivity index (χ0v) is 8.52. The standard InChI is InChI=1S/C9H14F2O4/c1-9(2)13-3-4-7(15-9)5(10)6(11)8(12)14-4/h4-8,12H,3H2,1-2H3/t4-,5-,6-,7+,8+/m0/s1. The van der Waals surface area contributed by atoms with E-state index in [1.807, 2.05) is 0 Å². The van der Waals surface area contributed by atoms with Crippen molar-refractivity contribution in [1.29, 1.82) is 0 Å². The molecule has 1 N–H and O–H groups in total. The molecule has 0 spiro atoms. The number of fused-ring (bicyclic) bond motifs is 1. The van der Waals surface area contributed by atoms with Gasteiger partial charge in [-0.15, -0.1) is 0 Å². The SMILES string of the molecule is CC1(C)OC[C@@H]2O[C@@H](O)[C@@H](F)[C@H](F)[C@@H]2O1. The molecule has 88 valence electrons. The van der Waals surface area contributed by atoms with Gasteiger partial charge in [0.05, 0.1) is 6.61 Å². The zero-order valence-electron chi connectivity index (χ0n) is 8.52. The first kappa shape index (κ1) is 11.2. The molecule has 0 aromatic carbocycles. The average Bonchev–Trinajstić information content (AvgIpc) is 2.16. The molecular weight excluding hydrogens is 210 g/mol. The van der Waals surface area contributed by atoms with Gasteiger partial charge in [-0.25, -0.2) is 8.78 Å². The molecule has 2 aliphatic heterocycles. The number of hydrogen-bond acceptors (Lipinski definition) is 4. The fourth-order valence-electron chi connectivity index (χ4n) is 1.79. The number of alkyl halides is 2. The largest absolute Gasteiger partial charge is 0.365 e. The molecular formula is C9H14F2O4. The van der Waals surface area contributed by atoms with Crippen LogP contribution in [0, 0.1) is 0 Å². The van der Waals surface area contributed by atoms with Crippen LogP contribution in [0.2, 0.25) is 0 Å². The molecule has 0 aromatic rings. The van der Waals surface area contributed by atoms with Gasteiger partial charge in [-0.2, -0.15) is 0 Å². The third-order valence-corrected chi connectivity index (χ3v) is 2.59. The second-order valence-corrected chi connectivity index (χ2v) is 4.25. The van der Waals surface area contributed by atoms with Crippen LogP contribution in [0.25, 0.3) is 0 Å². The molecule has 0 aliphatic carbocycles. The number of aliphatic hydroxyl groups excluding tert-OH is 1. The maximum absolute atomic E-state index is 13.5. The van der Waals surface area contributed by atoms with Crippen molar-refractivity contribution in [2.45, 2.75) is 50.5 Å². The summed E-state index contributed by atoms with van der Waals surface area (Å²) in [5.74, 6) is -0.948. The first-order chi connectivity index (χ1) is 6.91. The Morgan fingerprint density at radius 1 is 1.27 bits per heavy atom. The van der Waals surface area contributed by atoms with E-state index in [1.54, 1.807) is 13.8 Å². The molecule has 5 atom stereocenters. The molecule has 2 heterocycles. The molecule has 2 aliphatic rings. The van der Waals surface area contributed by atoms with E-state index < -0.39 is 36.6 Å².